The van der Waals surface area contributed by atoms with Gasteiger partial charge in [0.05, 0.1) is 11.2 Å². The van der Waals surface area contributed by atoms with E-state index in [2.05, 4.69) is 25.2 Å². The van der Waals surface area contributed by atoms with Crippen LogP contribution >= 0.6 is 0 Å². The second-order valence-corrected chi connectivity index (χ2v) is 7.95. The first-order valence-electron chi connectivity index (χ1n) is 10.3. The van der Waals surface area contributed by atoms with Crippen LogP contribution in [-0.4, -0.2) is 58.5 Å². The van der Waals surface area contributed by atoms with Crippen molar-refractivity contribution in [2.75, 3.05) is 31.6 Å². The first-order chi connectivity index (χ1) is 15.3. The molecule has 10 heteroatoms. The van der Waals surface area contributed by atoms with Crippen LogP contribution in [0.2, 0.25) is 0 Å². The Balaban J connectivity index is 1.50. The molecule has 0 saturated carbocycles. The van der Waals surface area contributed by atoms with Crippen molar-refractivity contribution in [3.63, 3.8) is 0 Å². The third-order valence-electron chi connectivity index (χ3n) is 5.76. The molecule has 1 aliphatic rings. The maximum atomic E-state index is 15.0. The average molecular weight is 442 g/mol. The molecule has 2 N–H and O–H groups in total. The number of aryl methyl sites for hydroxylation is 1. The number of carbonyl (C=O) groups is 1. The average Bonchev–Trinajstić information content (AvgIpc) is 2.77. The minimum Gasteiger partial charge on any atom is -0.363 e. The van der Waals surface area contributed by atoms with Gasteiger partial charge in [0.1, 0.15) is 16.9 Å². The van der Waals surface area contributed by atoms with Crippen molar-refractivity contribution in [3.05, 3.63) is 63.3 Å². The quantitative estimate of drug-likeness (QED) is 0.600. The highest BCUT2D eigenvalue weighted by atomic mass is 19.1. The molecule has 8 nitrogen and oxygen atoms in total. The molecule has 32 heavy (non-hydrogen) atoms. The highest BCUT2D eigenvalue weighted by molar-refractivity contribution is 5.92. The summed E-state index contributed by atoms with van der Waals surface area (Å²) in [6.07, 6.45) is 0. The molecular formula is C22H24F2N6O2. The lowest BCUT2D eigenvalue weighted by atomic mass is 10.1. The fourth-order valence-electron chi connectivity index (χ4n) is 4.05. The molecule has 4 rings (SSSR count). The van der Waals surface area contributed by atoms with Gasteiger partial charge in [0.25, 0.3) is 11.5 Å². The molecule has 0 spiro atoms. The van der Waals surface area contributed by atoms with Gasteiger partial charge < -0.3 is 15.2 Å². The van der Waals surface area contributed by atoms with E-state index < -0.39 is 23.2 Å². The van der Waals surface area contributed by atoms with Crippen molar-refractivity contribution in [3.8, 4) is 0 Å². The molecule has 3 aromatic rings. The van der Waals surface area contributed by atoms with E-state index in [-0.39, 0.29) is 17.3 Å². The van der Waals surface area contributed by atoms with Gasteiger partial charge in [0, 0.05) is 44.8 Å². The molecule has 1 saturated heterocycles. The Labute approximate surface area is 183 Å². The van der Waals surface area contributed by atoms with Crippen LogP contribution in [-0.2, 0) is 6.54 Å². The number of benzene rings is 1. The van der Waals surface area contributed by atoms with Crippen LogP contribution in [0.25, 0.3) is 11.0 Å². The highest BCUT2D eigenvalue weighted by Gasteiger charge is 2.27. The van der Waals surface area contributed by atoms with Gasteiger partial charge in [-0.3, -0.25) is 14.5 Å². The maximum absolute atomic E-state index is 15.0. The molecule has 1 fully saturated rings. The van der Waals surface area contributed by atoms with Gasteiger partial charge in [0.15, 0.2) is 5.82 Å². The second kappa shape index (κ2) is 8.62. The molecular weight excluding hydrogens is 418 g/mol. The first-order valence-corrected chi connectivity index (χ1v) is 10.3. The van der Waals surface area contributed by atoms with Crippen molar-refractivity contribution in [1.82, 2.24) is 25.2 Å². The summed E-state index contributed by atoms with van der Waals surface area (Å²) < 4.78 is 29.6. The van der Waals surface area contributed by atoms with Gasteiger partial charge in [-0.1, -0.05) is 6.07 Å². The van der Waals surface area contributed by atoms with E-state index in [4.69, 9.17) is 0 Å². The third kappa shape index (κ3) is 4.05. The van der Waals surface area contributed by atoms with Crippen molar-refractivity contribution in [2.24, 2.45) is 0 Å². The van der Waals surface area contributed by atoms with Crippen molar-refractivity contribution < 1.29 is 13.6 Å². The SMILES string of the molecule is CNC(=O)c1ccc(N2CCN(Cc3ccc4nc(C)c(=O)[nH]c4c3F)C[C@H]2C)c(F)n1. The number of hydrogen-bond donors (Lipinski definition) is 2. The van der Waals surface area contributed by atoms with E-state index in [9.17, 15) is 14.0 Å². The topological polar surface area (TPSA) is 94.2 Å². The number of hydrogen-bond acceptors (Lipinski definition) is 6. The van der Waals surface area contributed by atoms with Crippen LogP contribution in [0.4, 0.5) is 14.5 Å². The Morgan fingerprint density at radius 3 is 2.69 bits per heavy atom. The van der Waals surface area contributed by atoms with E-state index in [1.165, 1.54) is 13.1 Å². The number of carbonyl (C=O) groups excluding carboxylic acids is 1. The van der Waals surface area contributed by atoms with Crippen LogP contribution < -0.4 is 15.8 Å². The van der Waals surface area contributed by atoms with E-state index in [0.29, 0.717) is 48.6 Å². The summed E-state index contributed by atoms with van der Waals surface area (Å²) in [6.45, 7) is 5.57. The minimum atomic E-state index is -0.696. The summed E-state index contributed by atoms with van der Waals surface area (Å²) >= 11 is 0. The van der Waals surface area contributed by atoms with Crippen LogP contribution in [0.1, 0.15) is 28.7 Å². The summed E-state index contributed by atoms with van der Waals surface area (Å²) in [4.78, 5) is 38.0. The zero-order valence-corrected chi connectivity index (χ0v) is 18.1. The molecule has 2 aromatic heterocycles. The van der Waals surface area contributed by atoms with E-state index >= 15 is 4.39 Å². The van der Waals surface area contributed by atoms with Crippen LogP contribution in [0.3, 0.4) is 0 Å². The summed E-state index contributed by atoms with van der Waals surface area (Å²) in [5, 5.41) is 2.42. The van der Waals surface area contributed by atoms with Crippen molar-refractivity contribution in [1.29, 1.82) is 0 Å². The molecule has 0 radical (unpaired) electrons. The molecule has 0 unspecified atom stereocenters. The van der Waals surface area contributed by atoms with E-state index in [0.717, 1.165) is 0 Å². The lowest BCUT2D eigenvalue weighted by Crippen LogP contribution is -2.52. The number of pyridine rings is 1. The standard InChI is InChI=1S/C22H24F2N6O2/c1-12-10-29(8-9-30(12)17-7-6-16(22(32)25-3)27-20(17)24)11-14-4-5-15-19(18(14)23)28-21(31)13(2)26-15/h4-7,12H,8-11H2,1-3H3,(H,25,32)(H,28,31)/t12-/m1/s1. The number of fused-ring (bicyclic) bond motifs is 1. The Morgan fingerprint density at radius 2 is 2.00 bits per heavy atom. The number of halogens is 2. The second-order valence-electron chi connectivity index (χ2n) is 7.95. The molecule has 0 bridgehead atoms. The van der Waals surface area contributed by atoms with Crippen LogP contribution in [0.5, 0.6) is 0 Å². The fourth-order valence-corrected chi connectivity index (χ4v) is 4.05. The summed E-state index contributed by atoms with van der Waals surface area (Å²) in [7, 11) is 1.46. The number of piperazine rings is 1. The highest BCUT2D eigenvalue weighted by Crippen LogP contribution is 2.25. The van der Waals surface area contributed by atoms with Gasteiger partial charge in [-0.25, -0.2) is 14.4 Å². The van der Waals surface area contributed by atoms with Crippen molar-refractivity contribution in [2.45, 2.75) is 26.4 Å². The van der Waals surface area contributed by atoms with Crippen LogP contribution in [0.15, 0.2) is 29.1 Å². The minimum absolute atomic E-state index is 0.0227. The molecule has 168 valence electrons. The normalized spacial score (nSPS) is 17.0. The number of nitrogens with one attached hydrogen (secondary N) is 2. The predicted octanol–water partition coefficient (Wildman–Crippen LogP) is 1.98. The van der Waals surface area contributed by atoms with Gasteiger partial charge >= 0.3 is 0 Å². The Bertz CT molecular complexity index is 1250. The summed E-state index contributed by atoms with van der Waals surface area (Å²) in [5.74, 6) is -1.63. The lowest BCUT2D eigenvalue weighted by Gasteiger charge is -2.41. The molecule has 3 heterocycles. The summed E-state index contributed by atoms with van der Waals surface area (Å²) in [5.41, 5.74) is 1.21. The lowest BCUT2D eigenvalue weighted by molar-refractivity contribution is 0.0957. The molecule has 0 aliphatic carbocycles. The number of nitrogens with zero attached hydrogens (tertiary/aromatic N) is 4. The smallest absolute Gasteiger partial charge is 0.269 e. The molecule has 1 aliphatic heterocycles. The monoisotopic (exact) mass is 442 g/mol. The Morgan fingerprint density at radius 1 is 1.22 bits per heavy atom. The number of rotatable bonds is 4. The van der Waals surface area contributed by atoms with Gasteiger partial charge in [-0.15, -0.1) is 0 Å². The van der Waals surface area contributed by atoms with Gasteiger partial charge in [0.2, 0.25) is 5.95 Å². The van der Waals surface area contributed by atoms with Crippen LogP contribution in [0, 0.1) is 18.7 Å². The van der Waals surface area contributed by atoms with Crippen molar-refractivity contribution >= 4 is 22.6 Å². The predicted molar refractivity (Wildman–Crippen MR) is 117 cm³/mol. The zero-order chi connectivity index (χ0) is 23.0. The number of aromatic amines is 1. The largest absolute Gasteiger partial charge is 0.363 e. The molecule has 1 aromatic carbocycles. The number of anilines is 1. The molecule has 1 atom stereocenters. The van der Waals surface area contributed by atoms with E-state index in [1.54, 1.807) is 25.1 Å². The van der Waals surface area contributed by atoms with Gasteiger partial charge in [-0.05, 0) is 32.0 Å². The Kier molecular flexibility index (Phi) is 5.88. The number of H-pyrrole nitrogens is 1. The fraction of sp³-hybridized carbons (Fsp3) is 0.364. The molecule has 1 amide bonds. The first kappa shape index (κ1) is 21.8. The summed E-state index contributed by atoms with van der Waals surface area (Å²) in [6, 6.07) is 6.38. The Hall–Kier alpha value is -3.40. The third-order valence-corrected chi connectivity index (χ3v) is 5.76. The number of amides is 1. The zero-order valence-electron chi connectivity index (χ0n) is 18.1. The maximum Gasteiger partial charge on any atom is 0.269 e. The van der Waals surface area contributed by atoms with E-state index in [1.807, 2.05) is 11.8 Å². The number of aromatic nitrogens is 3. The van der Waals surface area contributed by atoms with Gasteiger partial charge in [-0.2, -0.15) is 4.39 Å².